The van der Waals surface area contributed by atoms with Gasteiger partial charge in [0.05, 0.1) is 7.11 Å². The molecule has 1 aliphatic heterocycles. The Morgan fingerprint density at radius 3 is 2.64 bits per heavy atom. The van der Waals surface area contributed by atoms with Crippen molar-refractivity contribution >= 4 is 18.0 Å². The zero-order valence-corrected chi connectivity index (χ0v) is 14.9. The Labute approximate surface area is 160 Å². The lowest BCUT2D eigenvalue weighted by atomic mass is 10.1. The number of esters is 1. The molecule has 2 N–H and O–H groups in total. The molecule has 1 atom stereocenters. The van der Waals surface area contributed by atoms with Gasteiger partial charge in [0, 0.05) is 0 Å². The van der Waals surface area contributed by atoms with Gasteiger partial charge in [-0.2, -0.15) is 5.26 Å². The Bertz CT molecular complexity index is 992. The van der Waals surface area contributed by atoms with Gasteiger partial charge < -0.3 is 24.7 Å². The second-order valence-corrected chi connectivity index (χ2v) is 5.73. The summed E-state index contributed by atoms with van der Waals surface area (Å²) in [4.78, 5) is 23.6. The van der Waals surface area contributed by atoms with Crippen molar-refractivity contribution < 1.29 is 28.5 Å². The Kier molecular flexibility index (Phi) is 5.46. The second-order valence-electron chi connectivity index (χ2n) is 5.73. The lowest BCUT2D eigenvalue weighted by Crippen LogP contribution is -2.39. The zero-order chi connectivity index (χ0) is 20.1. The minimum Gasteiger partial charge on any atom is -0.493 e. The molecule has 0 bridgehead atoms. The third-order valence-electron chi connectivity index (χ3n) is 3.87. The quantitative estimate of drug-likeness (QED) is 0.363. The van der Waals surface area contributed by atoms with Crippen LogP contribution >= 0.6 is 0 Å². The molecule has 2 aromatic rings. The SMILES string of the molecule is COc1cc(/C=C(\C#N)C(N)=O)ccc1OC(=O)C1COc2ccccc2O1. The van der Waals surface area contributed by atoms with E-state index in [4.69, 9.17) is 29.9 Å². The molecule has 1 unspecified atom stereocenters. The average molecular weight is 380 g/mol. The number of primary amides is 1. The van der Waals surface area contributed by atoms with Crippen LogP contribution in [0.2, 0.25) is 0 Å². The number of ether oxygens (including phenoxy) is 4. The summed E-state index contributed by atoms with van der Waals surface area (Å²) in [6, 6.07) is 13.3. The molecule has 1 aliphatic rings. The van der Waals surface area contributed by atoms with Crippen molar-refractivity contribution in [2.24, 2.45) is 5.73 Å². The van der Waals surface area contributed by atoms with Crippen LogP contribution in [0.25, 0.3) is 6.08 Å². The van der Waals surface area contributed by atoms with Gasteiger partial charge in [-0.3, -0.25) is 4.79 Å². The first kappa shape index (κ1) is 18.8. The third-order valence-corrected chi connectivity index (χ3v) is 3.87. The molecule has 0 spiro atoms. The van der Waals surface area contributed by atoms with E-state index in [0.717, 1.165) is 0 Å². The zero-order valence-electron chi connectivity index (χ0n) is 14.9. The normalized spacial score (nSPS) is 15.3. The molecule has 0 aliphatic carbocycles. The third kappa shape index (κ3) is 4.04. The van der Waals surface area contributed by atoms with Crippen LogP contribution in [0.4, 0.5) is 0 Å². The van der Waals surface area contributed by atoms with E-state index in [1.807, 2.05) is 0 Å². The van der Waals surface area contributed by atoms with E-state index >= 15 is 0 Å². The van der Waals surface area contributed by atoms with Crippen LogP contribution in [-0.4, -0.2) is 31.7 Å². The lowest BCUT2D eigenvalue weighted by Gasteiger charge is -2.25. The maximum Gasteiger partial charge on any atom is 0.356 e. The Morgan fingerprint density at radius 1 is 1.21 bits per heavy atom. The molecule has 0 saturated carbocycles. The predicted molar refractivity (Wildman–Crippen MR) is 97.8 cm³/mol. The number of methoxy groups -OCH3 is 1. The molecule has 1 amide bonds. The highest BCUT2D eigenvalue weighted by Crippen LogP contribution is 2.33. The van der Waals surface area contributed by atoms with Crippen LogP contribution in [0.15, 0.2) is 48.0 Å². The molecule has 0 aromatic heterocycles. The number of nitrogens with two attached hydrogens (primary N) is 1. The van der Waals surface area contributed by atoms with Crippen molar-refractivity contribution in [2.45, 2.75) is 6.10 Å². The van der Waals surface area contributed by atoms with Crippen molar-refractivity contribution in [3.05, 3.63) is 53.6 Å². The maximum absolute atomic E-state index is 12.4. The molecule has 2 aromatic carbocycles. The fourth-order valence-electron chi connectivity index (χ4n) is 2.49. The van der Waals surface area contributed by atoms with Crippen LogP contribution in [0, 0.1) is 11.3 Å². The summed E-state index contributed by atoms with van der Waals surface area (Å²) in [7, 11) is 1.40. The first-order chi connectivity index (χ1) is 13.5. The molecule has 0 saturated heterocycles. The Balaban J connectivity index is 1.76. The fraction of sp³-hybridized carbons (Fsp3) is 0.150. The number of fused-ring (bicyclic) bond motifs is 1. The van der Waals surface area contributed by atoms with Crippen LogP contribution in [0.3, 0.4) is 0 Å². The van der Waals surface area contributed by atoms with E-state index in [2.05, 4.69) is 0 Å². The highest BCUT2D eigenvalue weighted by Gasteiger charge is 2.29. The van der Waals surface area contributed by atoms with Gasteiger partial charge in [0.15, 0.2) is 23.0 Å². The number of benzene rings is 2. The van der Waals surface area contributed by atoms with Crippen LogP contribution in [0.1, 0.15) is 5.56 Å². The number of carbonyl (C=O) groups is 2. The van der Waals surface area contributed by atoms with Crippen molar-refractivity contribution in [2.75, 3.05) is 13.7 Å². The number of nitriles is 1. The number of hydrogen-bond donors (Lipinski definition) is 1. The van der Waals surface area contributed by atoms with E-state index in [1.165, 1.54) is 25.3 Å². The number of hydrogen-bond acceptors (Lipinski definition) is 7. The van der Waals surface area contributed by atoms with Crippen molar-refractivity contribution in [1.29, 1.82) is 5.26 Å². The van der Waals surface area contributed by atoms with Crippen molar-refractivity contribution in [3.63, 3.8) is 0 Å². The topological polar surface area (TPSA) is 121 Å². The average Bonchev–Trinajstić information content (AvgIpc) is 2.72. The molecule has 3 rings (SSSR count). The molecule has 0 fully saturated rings. The van der Waals surface area contributed by atoms with Gasteiger partial charge in [0.1, 0.15) is 18.2 Å². The highest BCUT2D eigenvalue weighted by molar-refractivity contribution is 6.00. The predicted octanol–water partition coefficient (Wildman–Crippen LogP) is 1.83. The molecular weight excluding hydrogens is 364 g/mol. The fourth-order valence-corrected chi connectivity index (χ4v) is 2.49. The Morgan fingerprint density at radius 2 is 1.96 bits per heavy atom. The van der Waals surface area contributed by atoms with E-state index in [0.29, 0.717) is 17.1 Å². The minimum absolute atomic E-state index is 0.0170. The van der Waals surface area contributed by atoms with Gasteiger partial charge in [0.2, 0.25) is 6.10 Å². The molecule has 1 heterocycles. The van der Waals surface area contributed by atoms with Crippen LogP contribution in [0.5, 0.6) is 23.0 Å². The number of carbonyl (C=O) groups excluding carboxylic acids is 2. The first-order valence-corrected chi connectivity index (χ1v) is 8.21. The summed E-state index contributed by atoms with van der Waals surface area (Å²) >= 11 is 0. The highest BCUT2D eigenvalue weighted by atomic mass is 16.6. The smallest absolute Gasteiger partial charge is 0.356 e. The summed E-state index contributed by atoms with van der Waals surface area (Å²) in [5.74, 6) is -0.0787. The van der Waals surface area contributed by atoms with E-state index in [-0.39, 0.29) is 23.7 Å². The molecular formula is C20H16N2O6. The number of rotatable bonds is 5. The van der Waals surface area contributed by atoms with Gasteiger partial charge in [-0.15, -0.1) is 0 Å². The Hall–Kier alpha value is -3.99. The van der Waals surface area contributed by atoms with Gasteiger partial charge >= 0.3 is 5.97 Å². The van der Waals surface area contributed by atoms with Crippen molar-refractivity contribution in [3.8, 4) is 29.1 Å². The van der Waals surface area contributed by atoms with E-state index in [9.17, 15) is 9.59 Å². The van der Waals surface area contributed by atoms with E-state index < -0.39 is 18.0 Å². The van der Waals surface area contributed by atoms with Gasteiger partial charge in [-0.05, 0) is 35.9 Å². The minimum atomic E-state index is -0.931. The van der Waals surface area contributed by atoms with Crippen LogP contribution in [-0.2, 0) is 9.59 Å². The summed E-state index contributed by atoms with van der Waals surface area (Å²) in [5, 5.41) is 8.93. The van der Waals surface area contributed by atoms with E-state index in [1.54, 1.807) is 36.4 Å². The first-order valence-electron chi connectivity index (χ1n) is 8.21. The lowest BCUT2D eigenvalue weighted by molar-refractivity contribution is -0.144. The van der Waals surface area contributed by atoms with Crippen molar-refractivity contribution in [1.82, 2.24) is 0 Å². The second kappa shape index (κ2) is 8.14. The van der Waals surface area contributed by atoms with Gasteiger partial charge in [-0.25, -0.2) is 4.79 Å². The number of para-hydroxylation sites is 2. The molecule has 28 heavy (non-hydrogen) atoms. The largest absolute Gasteiger partial charge is 0.493 e. The van der Waals surface area contributed by atoms with Crippen LogP contribution < -0.4 is 24.7 Å². The summed E-state index contributed by atoms with van der Waals surface area (Å²) in [6.07, 6.45) is 0.380. The monoisotopic (exact) mass is 380 g/mol. The van der Waals surface area contributed by atoms with Gasteiger partial charge in [-0.1, -0.05) is 18.2 Å². The maximum atomic E-state index is 12.4. The summed E-state index contributed by atoms with van der Waals surface area (Å²) in [6.45, 7) is 0.0170. The standard InChI is InChI=1S/C20H16N2O6/c1-25-17-9-12(8-13(10-21)19(22)23)6-7-16(17)28-20(24)18-11-26-14-4-2-3-5-15(14)27-18/h2-9,18H,11H2,1H3,(H2,22,23)/b13-8+. The molecule has 8 nitrogen and oxygen atoms in total. The van der Waals surface area contributed by atoms with Gasteiger partial charge in [0.25, 0.3) is 5.91 Å². The number of nitrogens with zero attached hydrogens (tertiary/aromatic N) is 1. The number of amides is 1. The summed E-state index contributed by atoms with van der Waals surface area (Å²) in [5.41, 5.74) is 5.40. The summed E-state index contributed by atoms with van der Waals surface area (Å²) < 4.78 is 21.7. The molecule has 142 valence electrons. The molecule has 8 heteroatoms. The molecule has 0 radical (unpaired) electrons.